The van der Waals surface area contributed by atoms with Gasteiger partial charge in [-0.05, 0) is 32.9 Å². The predicted molar refractivity (Wildman–Crippen MR) is 75.9 cm³/mol. The van der Waals surface area contributed by atoms with Gasteiger partial charge in [0.2, 0.25) is 0 Å². The largest absolute Gasteiger partial charge is 0.401 e. The summed E-state index contributed by atoms with van der Waals surface area (Å²) in [7, 11) is 0. The number of para-hydroxylation sites is 1. The molecule has 1 aromatic rings. The van der Waals surface area contributed by atoms with Gasteiger partial charge in [0, 0.05) is 5.70 Å². The average molecular weight is 261 g/mol. The van der Waals surface area contributed by atoms with E-state index in [0.29, 0.717) is 17.1 Å². The highest BCUT2D eigenvalue weighted by Crippen LogP contribution is 2.12. The highest BCUT2D eigenvalue weighted by molar-refractivity contribution is 6.03. The van der Waals surface area contributed by atoms with Gasteiger partial charge in [-0.15, -0.1) is 0 Å². The Hall–Kier alpha value is -2.14. The summed E-state index contributed by atoms with van der Waals surface area (Å²) in [6.07, 6.45) is -1.10. The van der Waals surface area contributed by atoms with Gasteiger partial charge in [-0.3, -0.25) is 9.79 Å². The number of rotatable bonds is 4. The number of carbonyl (C=O) groups excluding carboxylic acids is 1. The fourth-order valence-corrected chi connectivity index (χ4v) is 1.45. The Bertz CT molecular complexity index is 501. The second kappa shape index (κ2) is 6.70. The SMILES string of the molecule is CC(=Nc1ccccc1)C(NC(=O)C(C)O)=C(C)N. The second-order valence-electron chi connectivity index (χ2n) is 4.26. The molecule has 1 aromatic carbocycles. The fourth-order valence-electron chi connectivity index (χ4n) is 1.45. The number of aliphatic hydroxyl groups is 1. The lowest BCUT2D eigenvalue weighted by Gasteiger charge is -2.13. The summed E-state index contributed by atoms with van der Waals surface area (Å²) in [4.78, 5) is 15.9. The maximum Gasteiger partial charge on any atom is 0.253 e. The van der Waals surface area contributed by atoms with Crippen LogP contribution in [0.1, 0.15) is 20.8 Å². The first-order valence-electron chi connectivity index (χ1n) is 5.97. The van der Waals surface area contributed by atoms with Gasteiger partial charge in [-0.1, -0.05) is 18.2 Å². The van der Waals surface area contributed by atoms with E-state index in [0.717, 1.165) is 5.69 Å². The van der Waals surface area contributed by atoms with E-state index in [1.807, 2.05) is 30.3 Å². The van der Waals surface area contributed by atoms with Crippen molar-refractivity contribution in [2.75, 3.05) is 0 Å². The van der Waals surface area contributed by atoms with Crippen LogP contribution in [-0.4, -0.2) is 22.8 Å². The first-order chi connectivity index (χ1) is 8.91. The highest BCUT2D eigenvalue weighted by atomic mass is 16.3. The molecular formula is C14H19N3O2. The van der Waals surface area contributed by atoms with Gasteiger partial charge in [-0.25, -0.2) is 0 Å². The number of nitrogens with zero attached hydrogens (tertiary/aromatic N) is 1. The normalized spacial score (nSPS) is 14.6. The van der Waals surface area contributed by atoms with E-state index >= 15 is 0 Å². The smallest absolute Gasteiger partial charge is 0.253 e. The molecule has 5 nitrogen and oxygen atoms in total. The van der Waals surface area contributed by atoms with Gasteiger partial charge in [0.1, 0.15) is 6.10 Å². The Balaban J connectivity index is 2.99. The molecular weight excluding hydrogens is 242 g/mol. The Kier molecular flexibility index (Phi) is 5.26. The van der Waals surface area contributed by atoms with Gasteiger partial charge in [0.25, 0.3) is 5.91 Å². The van der Waals surface area contributed by atoms with Crippen molar-refractivity contribution in [2.24, 2.45) is 10.7 Å². The molecule has 1 unspecified atom stereocenters. The third-order valence-electron chi connectivity index (χ3n) is 2.44. The number of aliphatic imine (C=N–C) groups is 1. The van der Waals surface area contributed by atoms with Crippen molar-refractivity contribution in [2.45, 2.75) is 26.9 Å². The summed E-state index contributed by atoms with van der Waals surface area (Å²) < 4.78 is 0. The number of nitrogens with two attached hydrogens (primary N) is 1. The second-order valence-corrected chi connectivity index (χ2v) is 4.26. The highest BCUT2D eigenvalue weighted by Gasteiger charge is 2.13. The van der Waals surface area contributed by atoms with Crippen molar-refractivity contribution in [3.63, 3.8) is 0 Å². The van der Waals surface area contributed by atoms with Crippen LogP contribution < -0.4 is 11.1 Å². The summed E-state index contributed by atoms with van der Waals surface area (Å²) in [6, 6.07) is 9.35. The van der Waals surface area contributed by atoms with Crippen molar-refractivity contribution < 1.29 is 9.90 Å². The summed E-state index contributed by atoms with van der Waals surface area (Å²) >= 11 is 0. The minimum Gasteiger partial charge on any atom is -0.401 e. The molecule has 0 aliphatic carbocycles. The van der Waals surface area contributed by atoms with Crippen LogP contribution in [0.4, 0.5) is 5.69 Å². The Morgan fingerprint density at radius 2 is 1.89 bits per heavy atom. The van der Waals surface area contributed by atoms with E-state index in [4.69, 9.17) is 5.73 Å². The van der Waals surface area contributed by atoms with Crippen LogP contribution in [-0.2, 0) is 4.79 Å². The molecule has 0 bridgehead atoms. The monoisotopic (exact) mass is 261 g/mol. The van der Waals surface area contributed by atoms with Crippen molar-refractivity contribution in [3.05, 3.63) is 41.7 Å². The van der Waals surface area contributed by atoms with E-state index in [9.17, 15) is 9.90 Å². The summed E-state index contributed by atoms with van der Waals surface area (Å²) in [6.45, 7) is 4.81. The lowest BCUT2D eigenvalue weighted by atomic mass is 10.2. The number of hydrogen-bond acceptors (Lipinski definition) is 4. The third kappa shape index (κ3) is 4.56. The summed E-state index contributed by atoms with van der Waals surface area (Å²) in [5.41, 5.74) is 7.96. The topological polar surface area (TPSA) is 87.7 Å². The van der Waals surface area contributed by atoms with Crippen LogP contribution in [0.3, 0.4) is 0 Å². The van der Waals surface area contributed by atoms with E-state index in [-0.39, 0.29) is 0 Å². The quantitative estimate of drug-likeness (QED) is 0.717. The van der Waals surface area contributed by atoms with Gasteiger partial charge in [-0.2, -0.15) is 0 Å². The maximum absolute atomic E-state index is 11.5. The molecule has 0 radical (unpaired) electrons. The van der Waals surface area contributed by atoms with Crippen LogP contribution in [0.25, 0.3) is 0 Å². The van der Waals surface area contributed by atoms with Crippen LogP contribution in [0.2, 0.25) is 0 Å². The molecule has 5 heteroatoms. The van der Waals surface area contributed by atoms with Crippen molar-refractivity contribution >= 4 is 17.3 Å². The molecule has 1 rings (SSSR count). The molecule has 0 fully saturated rings. The zero-order valence-corrected chi connectivity index (χ0v) is 11.3. The van der Waals surface area contributed by atoms with Crippen molar-refractivity contribution in [1.82, 2.24) is 5.32 Å². The molecule has 4 N–H and O–H groups in total. The minimum atomic E-state index is -1.10. The number of benzene rings is 1. The van der Waals surface area contributed by atoms with E-state index < -0.39 is 12.0 Å². The number of aliphatic hydroxyl groups excluding tert-OH is 1. The molecule has 0 aromatic heterocycles. The Morgan fingerprint density at radius 1 is 1.32 bits per heavy atom. The van der Waals surface area contributed by atoms with E-state index in [1.165, 1.54) is 6.92 Å². The fraction of sp³-hybridized carbons (Fsp3) is 0.286. The summed E-state index contributed by atoms with van der Waals surface area (Å²) in [5, 5.41) is 11.8. The number of allylic oxidation sites excluding steroid dienone is 2. The lowest BCUT2D eigenvalue weighted by molar-refractivity contribution is -0.127. The molecule has 0 saturated carbocycles. The maximum atomic E-state index is 11.5. The third-order valence-corrected chi connectivity index (χ3v) is 2.44. The van der Waals surface area contributed by atoms with Gasteiger partial charge in [0.05, 0.1) is 17.1 Å². The lowest BCUT2D eigenvalue weighted by Crippen LogP contribution is -2.35. The number of nitrogens with one attached hydrogen (secondary N) is 1. The molecule has 0 spiro atoms. The number of amides is 1. The molecule has 1 atom stereocenters. The predicted octanol–water partition coefficient (Wildman–Crippen LogP) is 1.47. The van der Waals surface area contributed by atoms with Crippen molar-refractivity contribution in [3.8, 4) is 0 Å². The average Bonchev–Trinajstić information content (AvgIpc) is 2.36. The van der Waals surface area contributed by atoms with Gasteiger partial charge >= 0.3 is 0 Å². The standard InChI is InChI=1S/C14H19N3O2/c1-9(15)13(17-14(19)11(3)18)10(2)16-12-7-5-4-6-8-12/h4-8,11,18H,15H2,1-3H3,(H,17,19). The van der Waals surface area contributed by atoms with Crippen LogP contribution in [0.5, 0.6) is 0 Å². The molecule has 0 heterocycles. The first kappa shape index (κ1) is 14.9. The molecule has 1 amide bonds. The summed E-state index contributed by atoms with van der Waals surface area (Å²) in [5.74, 6) is -0.512. The Morgan fingerprint density at radius 3 is 2.37 bits per heavy atom. The van der Waals surface area contributed by atoms with Crippen molar-refractivity contribution in [1.29, 1.82) is 0 Å². The van der Waals surface area contributed by atoms with Gasteiger partial charge in [0.15, 0.2) is 0 Å². The zero-order chi connectivity index (χ0) is 14.4. The molecule has 0 aliphatic rings. The van der Waals surface area contributed by atoms with E-state index in [2.05, 4.69) is 10.3 Å². The number of carbonyl (C=O) groups is 1. The van der Waals surface area contributed by atoms with E-state index in [1.54, 1.807) is 13.8 Å². The molecule has 102 valence electrons. The molecule has 0 saturated heterocycles. The molecule has 0 aliphatic heterocycles. The Labute approximate surface area is 112 Å². The van der Waals surface area contributed by atoms with Gasteiger partial charge < -0.3 is 16.2 Å². The zero-order valence-electron chi connectivity index (χ0n) is 11.3. The van der Waals surface area contributed by atoms with Crippen LogP contribution >= 0.6 is 0 Å². The van der Waals surface area contributed by atoms with Crippen LogP contribution in [0, 0.1) is 0 Å². The first-order valence-corrected chi connectivity index (χ1v) is 5.97. The minimum absolute atomic E-state index is 0.426. The van der Waals surface area contributed by atoms with Crippen LogP contribution in [0.15, 0.2) is 46.7 Å². The number of hydrogen-bond donors (Lipinski definition) is 3. The molecule has 19 heavy (non-hydrogen) atoms.